The number of amides is 2. The van der Waals surface area contributed by atoms with Gasteiger partial charge >= 0.3 is 0 Å². The van der Waals surface area contributed by atoms with Crippen molar-refractivity contribution in [1.82, 2.24) is 40.4 Å². The van der Waals surface area contributed by atoms with Crippen LogP contribution in [-0.2, 0) is 19.1 Å². The first kappa shape index (κ1) is 36.0. The number of aromatic nitrogens is 4. The molecule has 13 nitrogen and oxygen atoms in total. The van der Waals surface area contributed by atoms with Gasteiger partial charge in [0.05, 0.1) is 54.5 Å². The van der Waals surface area contributed by atoms with Crippen LogP contribution in [0.25, 0.3) is 33.6 Å². The molecule has 13 heteroatoms. The van der Waals surface area contributed by atoms with E-state index in [4.69, 9.17) is 19.4 Å². The fourth-order valence-corrected chi connectivity index (χ4v) is 7.92. The Morgan fingerprint density at radius 1 is 0.759 bits per heavy atom. The number of aromatic amines is 2. The van der Waals surface area contributed by atoms with Crippen LogP contribution in [-0.4, -0.2) is 98.7 Å². The van der Waals surface area contributed by atoms with E-state index in [-0.39, 0.29) is 48.7 Å². The van der Waals surface area contributed by atoms with Crippen LogP contribution in [0, 0.1) is 5.92 Å². The molecule has 0 radical (unpaired) electrons. The molecule has 282 valence electrons. The van der Waals surface area contributed by atoms with Crippen LogP contribution in [0.15, 0.2) is 78.1 Å². The molecule has 2 aromatic heterocycles. The number of likely N-dealkylation sites (tertiary alicyclic amines) is 2. The maximum absolute atomic E-state index is 13.9. The number of nitrogens with zero attached hydrogens (tertiary/aromatic N) is 5. The summed E-state index contributed by atoms with van der Waals surface area (Å²) in [4.78, 5) is 51.8. The van der Waals surface area contributed by atoms with Gasteiger partial charge in [0.25, 0.3) is 0 Å². The first-order valence-corrected chi connectivity index (χ1v) is 19.2. The number of H-pyrrole nitrogens is 2. The first-order chi connectivity index (χ1) is 26.3. The lowest BCUT2D eigenvalue weighted by atomic mass is 10.0. The quantitative estimate of drug-likeness (QED) is 0.152. The molecule has 0 spiro atoms. The van der Waals surface area contributed by atoms with Crippen LogP contribution in [0.5, 0.6) is 0 Å². The van der Waals surface area contributed by atoms with Crippen molar-refractivity contribution in [2.75, 3.05) is 26.4 Å². The number of hydrogen-bond donors (Lipinski definition) is 4. The zero-order valence-electron chi connectivity index (χ0n) is 31.1. The molecule has 4 aliphatic rings. The van der Waals surface area contributed by atoms with Crippen LogP contribution in [0.3, 0.4) is 0 Å². The SMILES string of the molecule is CC(C)C(NC1C=CC=NC1)C(=O)N1CCC[C@H]1c1ncc(-c2ccc(-c3ccc(-c4cnc([C@@H]5CCCN5C(=O)[C@H](C)NC5OCO5)[nH]4)cc3)cc2)[nH]1. The molecule has 2 unspecified atom stereocenters. The minimum atomic E-state index is -0.523. The standard InChI is InChI=1S/C41H49N9O4/c1-25(2)36(46-31-7-4-18-42-21-31)40(52)50-20-6-9-35(50)38-44-23-33(48-38)30-16-12-28(13-17-30)27-10-14-29(15-11-27)32-22-43-37(47-32)34-8-5-19-49(34)39(51)26(3)45-41-53-24-54-41/h4,7,10-18,22-23,25-26,31,34-36,41,45-46H,5-6,8-9,19-21,24H2,1-3H3,(H,43,47)(H,44,48)/t26-,31?,34-,35-,36?/m0/s1. The van der Waals surface area contributed by atoms with Gasteiger partial charge in [0.2, 0.25) is 18.2 Å². The molecule has 4 aliphatic heterocycles. The van der Waals surface area contributed by atoms with E-state index < -0.39 is 12.5 Å². The molecule has 8 rings (SSSR count). The van der Waals surface area contributed by atoms with Gasteiger partial charge in [-0.2, -0.15) is 0 Å². The zero-order chi connectivity index (χ0) is 37.2. The monoisotopic (exact) mass is 731 g/mol. The third-order valence-corrected chi connectivity index (χ3v) is 11.0. The van der Waals surface area contributed by atoms with Gasteiger partial charge in [-0.05, 0) is 66.9 Å². The predicted molar refractivity (Wildman–Crippen MR) is 206 cm³/mol. The van der Waals surface area contributed by atoms with E-state index in [0.717, 1.165) is 77.5 Å². The fraction of sp³-hybridized carbons (Fsp3) is 0.439. The molecule has 2 amide bonds. The van der Waals surface area contributed by atoms with Gasteiger partial charge in [0, 0.05) is 25.3 Å². The lowest BCUT2D eigenvalue weighted by molar-refractivity contribution is -0.334. The molecule has 0 bridgehead atoms. The van der Waals surface area contributed by atoms with E-state index in [0.29, 0.717) is 13.1 Å². The number of imidazole rings is 2. The summed E-state index contributed by atoms with van der Waals surface area (Å²) in [5.41, 5.74) is 6.12. The number of hydrogen-bond acceptors (Lipinski definition) is 9. The zero-order valence-corrected chi connectivity index (χ0v) is 31.1. The number of carbonyl (C=O) groups is 2. The van der Waals surface area contributed by atoms with Crippen molar-refractivity contribution in [2.24, 2.45) is 10.9 Å². The minimum absolute atomic E-state index is 0.0115. The van der Waals surface area contributed by atoms with Gasteiger partial charge < -0.3 is 29.2 Å². The summed E-state index contributed by atoms with van der Waals surface area (Å²) in [7, 11) is 0. The van der Waals surface area contributed by atoms with Crippen molar-refractivity contribution in [1.29, 1.82) is 0 Å². The molecule has 0 aliphatic carbocycles. The number of nitrogens with one attached hydrogen (secondary N) is 4. The maximum atomic E-state index is 13.9. The van der Waals surface area contributed by atoms with Crippen molar-refractivity contribution in [3.63, 3.8) is 0 Å². The summed E-state index contributed by atoms with van der Waals surface area (Å²) in [6, 6.07) is 16.1. The third-order valence-electron chi connectivity index (χ3n) is 11.0. The van der Waals surface area contributed by atoms with E-state index in [1.807, 2.05) is 35.2 Å². The van der Waals surface area contributed by atoms with Gasteiger partial charge in [0.15, 0.2) is 6.79 Å². The highest BCUT2D eigenvalue weighted by Crippen LogP contribution is 2.35. The van der Waals surface area contributed by atoms with Crippen molar-refractivity contribution in [2.45, 2.75) is 83.1 Å². The van der Waals surface area contributed by atoms with Crippen LogP contribution < -0.4 is 10.6 Å². The van der Waals surface area contributed by atoms with E-state index in [1.165, 1.54) is 0 Å². The Balaban J connectivity index is 0.900. The summed E-state index contributed by atoms with van der Waals surface area (Å²) in [5.74, 6) is 1.91. The molecule has 2 aromatic carbocycles. The molecule has 54 heavy (non-hydrogen) atoms. The molecule has 0 saturated carbocycles. The van der Waals surface area contributed by atoms with Gasteiger partial charge in [-0.3, -0.25) is 25.2 Å². The lowest BCUT2D eigenvalue weighted by Crippen LogP contribution is -2.53. The smallest absolute Gasteiger partial charge is 0.240 e. The number of rotatable bonds is 12. The topological polar surface area (TPSA) is 153 Å². The molecule has 4 aromatic rings. The Hall–Kier alpha value is -4.95. The second kappa shape index (κ2) is 15.8. The van der Waals surface area contributed by atoms with E-state index in [2.05, 4.69) is 94.0 Å². The molecular formula is C41H49N9O4. The maximum Gasteiger partial charge on any atom is 0.240 e. The molecule has 6 heterocycles. The Bertz CT molecular complexity index is 1980. The number of ether oxygens (including phenoxy) is 2. The predicted octanol–water partition coefficient (Wildman–Crippen LogP) is 5.35. The van der Waals surface area contributed by atoms with Gasteiger partial charge in [0.1, 0.15) is 11.6 Å². The summed E-state index contributed by atoms with van der Waals surface area (Å²) < 4.78 is 10.5. The van der Waals surface area contributed by atoms with Gasteiger partial charge in [-0.1, -0.05) is 68.5 Å². The Kier molecular flexibility index (Phi) is 10.5. The highest BCUT2D eigenvalue weighted by atomic mass is 16.9. The van der Waals surface area contributed by atoms with E-state index >= 15 is 0 Å². The Labute approximate surface area is 315 Å². The second-order valence-corrected chi connectivity index (χ2v) is 15.0. The number of dihydropyridines is 1. The Morgan fingerprint density at radius 3 is 1.78 bits per heavy atom. The normalized spacial score (nSPS) is 22.6. The van der Waals surface area contributed by atoms with Crippen LogP contribution in [0.1, 0.15) is 70.2 Å². The van der Waals surface area contributed by atoms with Crippen molar-refractivity contribution in [3.05, 3.63) is 84.7 Å². The van der Waals surface area contributed by atoms with Gasteiger partial charge in [-0.15, -0.1) is 0 Å². The summed E-state index contributed by atoms with van der Waals surface area (Å²) >= 11 is 0. The van der Waals surface area contributed by atoms with Gasteiger partial charge in [-0.25, -0.2) is 9.97 Å². The van der Waals surface area contributed by atoms with E-state index in [1.54, 1.807) is 6.21 Å². The van der Waals surface area contributed by atoms with Crippen LogP contribution >= 0.6 is 0 Å². The minimum Gasteiger partial charge on any atom is -0.340 e. The molecular weight excluding hydrogens is 683 g/mol. The number of allylic oxidation sites excluding steroid dienone is 1. The molecule has 3 saturated heterocycles. The largest absolute Gasteiger partial charge is 0.340 e. The molecule has 3 fully saturated rings. The van der Waals surface area contributed by atoms with Crippen molar-refractivity contribution >= 4 is 18.0 Å². The molecule has 5 atom stereocenters. The van der Waals surface area contributed by atoms with Crippen LogP contribution in [0.4, 0.5) is 0 Å². The average Bonchev–Trinajstić information content (AvgIpc) is 4.02. The summed E-state index contributed by atoms with van der Waals surface area (Å²) in [6.45, 7) is 8.33. The molecule has 4 N–H and O–H groups in total. The fourth-order valence-electron chi connectivity index (χ4n) is 7.92. The first-order valence-electron chi connectivity index (χ1n) is 19.2. The van der Waals surface area contributed by atoms with E-state index in [9.17, 15) is 9.59 Å². The highest BCUT2D eigenvalue weighted by Gasteiger charge is 2.38. The lowest BCUT2D eigenvalue weighted by Gasteiger charge is -2.32. The van der Waals surface area contributed by atoms with Crippen LogP contribution in [0.2, 0.25) is 0 Å². The van der Waals surface area contributed by atoms with Crippen molar-refractivity contribution < 1.29 is 19.1 Å². The second-order valence-electron chi connectivity index (χ2n) is 15.0. The average molecular weight is 732 g/mol. The third kappa shape index (κ3) is 7.54. The summed E-state index contributed by atoms with van der Waals surface area (Å²) in [5, 5.41) is 6.61. The number of carbonyl (C=O) groups excluding carboxylic acids is 2. The van der Waals surface area contributed by atoms with Crippen molar-refractivity contribution in [3.8, 4) is 33.6 Å². The Morgan fingerprint density at radius 2 is 1.30 bits per heavy atom. The highest BCUT2D eigenvalue weighted by molar-refractivity contribution is 5.83. The number of aliphatic imine (C=N–C) groups is 1. The number of benzene rings is 2. The summed E-state index contributed by atoms with van der Waals surface area (Å²) in [6.07, 6.45) is 12.6.